The molecule has 1 aliphatic rings. The van der Waals surface area contributed by atoms with Crippen molar-refractivity contribution >= 4 is 35.6 Å². The summed E-state index contributed by atoms with van der Waals surface area (Å²) in [6.45, 7) is 2.11. The Hall–Kier alpha value is -2.58. The van der Waals surface area contributed by atoms with Crippen LogP contribution in [0, 0.1) is 11.7 Å². The normalized spacial score (nSPS) is 14.3. The molecule has 0 saturated heterocycles. The Kier molecular flexibility index (Phi) is 7.32. The van der Waals surface area contributed by atoms with E-state index in [1.165, 1.54) is 37.0 Å². The molecule has 4 rings (SSSR count). The number of aryl methyl sites for hydroxylation is 1. The summed E-state index contributed by atoms with van der Waals surface area (Å²) in [6, 6.07) is 13.8. The zero-order valence-electron chi connectivity index (χ0n) is 18.4. The number of hydrogen-bond donors (Lipinski definition) is 2. The molecule has 0 atom stereocenters. The summed E-state index contributed by atoms with van der Waals surface area (Å²) in [5.74, 6) is 1.23. The molecule has 2 N–H and O–H groups in total. The molecule has 1 aliphatic carbocycles. The number of nitrogens with zero attached hydrogens (tertiary/aromatic N) is 2. The molecule has 0 aliphatic heterocycles. The molecule has 0 radical (unpaired) electrons. The number of hydrogen-bond acceptors (Lipinski definition) is 5. The Labute approximate surface area is 197 Å². The first kappa shape index (κ1) is 22.6. The van der Waals surface area contributed by atoms with Gasteiger partial charge in [-0.25, -0.2) is 0 Å². The average Bonchev–Trinajstić information content (AvgIpc) is 3.16. The van der Waals surface area contributed by atoms with Crippen LogP contribution in [0.4, 0.5) is 5.69 Å². The molecule has 1 amide bonds. The number of aromatic nitrogens is 3. The van der Waals surface area contributed by atoms with Crippen molar-refractivity contribution in [1.29, 1.82) is 0 Å². The number of H-pyrrole nitrogens is 1. The molecule has 32 heavy (non-hydrogen) atoms. The first-order valence-electron chi connectivity index (χ1n) is 10.9. The molecule has 2 aromatic carbocycles. The third-order valence-corrected chi connectivity index (χ3v) is 7.38. The van der Waals surface area contributed by atoms with Gasteiger partial charge in [-0.15, -0.1) is 11.8 Å². The van der Waals surface area contributed by atoms with Gasteiger partial charge in [0.2, 0.25) is 5.91 Å². The highest BCUT2D eigenvalue weighted by Gasteiger charge is 2.16. The fourth-order valence-electron chi connectivity index (χ4n) is 3.98. The summed E-state index contributed by atoms with van der Waals surface area (Å²) in [5, 5.41) is 10.8. The van der Waals surface area contributed by atoms with Crippen molar-refractivity contribution in [3.05, 3.63) is 52.8 Å². The first-order valence-corrected chi connectivity index (χ1v) is 12.2. The van der Waals surface area contributed by atoms with Crippen molar-refractivity contribution in [3.8, 4) is 17.1 Å². The van der Waals surface area contributed by atoms with Gasteiger partial charge >= 0.3 is 0 Å². The highest BCUT2D eigenvalue weighted by atomic mass is 32.2. The maximum absolute atomic E-state index is 12.8. The maximum atomic E-state index is 12.8. The van der Waals surface area contributed by atoms with Crippen molar-refractivity contribution in [1.82, 2.24) is 14.8 Å². The lowest BCUT2D eigenvalue weighted by Crippen LogP contribution is -2.20. The second kappa shape index (κ2) is 10.4. The average molecular weight is 469 g/mol. The molecule has 3 aromatic rings. The molecule has 1 aromatic heterocycles. The Bertz CT molecular complexity index is 1130. The van der Waals surface area contributed by atoms with Gasteiger partial charge in [0.05, 0.1) is 7.11 Å². The molecular formula is C24H28N4O2S2. The van der Waals surface area contributed by atoms with Crippen molar-refractivity contribution in [2.45, 2.75) is 55.7 Å². The lowest BCUT2D eigenvalue weighted by atomic mass is 10.0. The minimum atomic E-state index is -0.145. The summed E-state index contributed by atoms with van der Waals surface area (Å²) in [6.07, 6.45) is 6.62. The number of benzene rings is 2. The number of anilines is 1. The van der Waals surface area contributed by atoms with E-state index < -0.39 is 0 Å². The number of ether oxygens (including phenoxy) is 1. The lowest BCUT2D eigenvalue weighted by molar-refractivity contribution is -0.116. The minimum absolute atomic E-state index is 0.0781. The van der Waals surface area contributed by atoms with E-state index in [1.807, 2.05) is 49.0 Å². The molecule has 1 saturated carbocycles. The van der Waals surface area contributed by atoms with Gasteiger partial charge in [-0.3, -0.25) is 14.5 Å². The molecular weight excluding hydrogens is 440 g/mol. The number of aromatic amines is 1. The Morgan fingerprint density at radius 1 is 1.22 bits per heavy atom. The van der Waals surface area contributed by atoms with E-state index in [-0.39, 0.29) is 12.5 Å². The number of amides is 1. The monoisotopic (exact) mass is 468 g/mol. The van der Waals surface area contributed by atoms with Crippen LogP contribution < -0.4 is 10.1 Å². The van der Waals surface area contributed by atoms with Crippen LogP contribution in [0.2, 0.25) is 0 Å². The summed E-state index contributed by atoms with van der Waals surface area (Å²) in [7, 11) is 1.62. The third-order valence-electron chi connectivity index (χ3n) is 5.74. The number of methoxy groups -OCH3 is 1. The summed E-state index contributed by atoms with van der Waals surface area (Å²) in [4.78, 5) is 14.1. The maximum Gasteiger partial charge on any atom is 0.244 e. The summed E-state index contributed by atoms with van der Waals surface area (Å²) in [5.41, 5.74) is 2.74. The largest absolute Gasteiger partial charge is 0.497 e. The number of rotatable bonds is 7. The fourth-order valence-corrected chi connectivity index (χ4v) is 5.53. The molecule has 1 fully saturated rings. The molecule has 6 nitrogen and oxygen atoms in total. The number of thioether (sulfide) groups is 1. The molecule has 0 bridgehead atoms. The van der Waals surface area contributed by atoms with Gasteiger partial charge in [-0.05, 0) is 80.0 Å². The van der Waals surface area contributed by atoms with Crippen molar-refractivity contribution in [2.75, 3.05) is 12.4 Å². The van der Waals surface area contributed by atoms with Crippen LogP contribution in [0.1, 0.15) is 37.7 Å². The predicted molar refractivity (Wildman–Crippen MR) is 132 cm³/mol. The van der Waals surface area contributed by atoms with E-state index in [1.54, 1.807) is 11.7 Å². The van der Waals surface area contributed by atoms with E-state index >= 15 is 0 Å². The Morgan fingerprint density at radius 2 is 1.97 bits per heavy atom. The van der Waals surface area contributed by atoms with Crippen LogP contribution >= 0.6 is 24.0 Å². The second-order valence-electron chi connectivity index (χ2n) is 8.07. The van der Waals surface area contributed by atoms with Crippen LogP contribution in [0.15, 0.2) is 47.4 Å². The van der Waals surface area contributed by atoms with Crippen LogP contribution in [0.5, 0.6) is 5.75 Å². The van der Waals surface area contributed by atoms with E-state index in [4.69, 9.17) is 17.0 Å². The Balaban J connectivity index is 1.43. The topological polar surface area (TPSA) is 71.9 Å². The minimum Gasteiger partial charge on any atom is -0.497 e. The van der Waals surface area contributed by atoms with Gasteiger partial charge in [-0.1, -0.05) is 19.3 Å². The van der Waals surface area contributed by atoms with Crippen molar-refractivity contribution in [3.63, 3.8) is 0 Å². The summed E-state index contributed by atoms with van der Waals surface area (Å²) < 4.78 is 7.32. The van der Waals surface area contributed by atoms with Crippen molar-refractivity contribution in [2.24, 2.45) is 0 Å². The number of carbonyl (C=O) groups excluding carboxylic acids is 1. The molecule has 0 spiro atoms. The van der Waals surface area contributed by atoms with Crippen LogP contribution in [0.3, 0.4) is 0 Å². The number of nitrogens with one attached hydrogen (secondary N) is 2. The van der Waals surface area contributed by atoms with Gasteiger partial charge in [0, 0.05) is 21.4 Å². The quantitative estimate of drug-likeness (QED) is 0.417. The van der Waals surface area contributed by atoms with Gasteiger partial charge in [0.25, 0.3) is 0 Å². The zero-order valence-corrected chi connectivity index (χ0v) is 20.0. The molecule has 168 valence electrons. The highest BCUT2D eigenvalue weighted by molar-refractivity contribution is 8.00. The standard InChI is InChI=1S/C24H28N4O2S2/c1-16-14-20(32-19-6-4-3-5-7-19)12-13-21(16)25-22(29)15-28-23(26-27-24(28)31)17-8-10-18(30-2)11-9-17/h8-14,19H,3-7,15H2,1-2H3,(H,25,29)(H,27,31). The fraction of sp³-hybridized carbons (Fsp3) is 0.375. The van der Waals surface area contributed by atoms with Crippen LogP contribution in [0.25, 0.3) is 11.4 Å². The first-order chi connectivity index (χ1) is 15.5. The van der Waals surface area contributed by atoms with E-state index in [0.29, 0.717) is 15.8 Å². The lowest BCUT2D eigenvalue weighted by Gasteiger charge is -2.21. The van der Waals surface area contributed by atoms with Crippen LogP contribution in [-0.2, 0) is 11.3 Å². The van der Waals surface area contributed by atoms with E-state index in [9.17, 15) is 4.79 Å². The molecule has 0 unspecified atom stereocenters. The van der Waals surface area contributed by atoms with Crippen LogP contribution in [-0.4, -0.2) is 33.0 Å². The smallest absolute Gasteiger partial charge is 0.244 e. The third kappa shape index (κ3) is 5.42. The molecule has 1 heterocycles. The summed E-state index contributed by atoms with van der Waals surface area (Å²) >= 11 is 7.32. The molecule has 8 heteroatoms. The SMILES string of the molecule is COc1ccc(-c2n[nH]c(=S)n2CC(=O)Nc2ccc(SC3CCCCC3)cc2C)cc1. The van der Waals surface area contributed by atoms with Gasteiger partial charge < -0.3 is 10.1 Å². The van der Waals surface area contributed by atoms with Gasteiger partial charge in [0.1, 0.15) is 12.3 Å². The van der Waals surface area contributed by atoms with Gasteiger partial charge in [-0.2, -0.15) is 5.10 Å². The zero-order chi connectivity index (χ0) is 22.5. The van der Waals surface area contributed by atoms with E-state index in [2.05, 4.69) is 27.6 Å². The second-order valence-corrected chi connectivity index (χ2v) is 9.83. The van der Waals surface area contributed by atoms with Crippen molar-refractivity contribution < 1.29 is 9.53 Å². The Morgan fingerprint density at radius 3 is 2.66 bits per heavy atom. The van der Waals surface area contributed by atoms with E-state index in [0.717, 1.165) is 22.6 Å². The number of carbonyl (C=O) groups is 1. The predicted octanol–water partition coefficient (Wildman–Crippen LogP) is 5.99. The van der Waals surface area contributed by atoms with Gasteiger partial charge in [0.15, 0.2) is 10.6 Å². The highest BCUT2D eigenvalue weighted by Crippen LogP contribution is 2.35.